The average Bonchev–Trinajstić information content (AvgIpc) is 3.28. The van der Waals surface area contributed by atoms with Crippen molar-refractivity contribution in [2.75, 3.05) is 19.1 Å². The lowest BCUT2D eigenvalue weighted by Crippen LogP contribution is -2.60. The summed E-state index contributed by atoms with van der Waals surface area (Å²) in [6, 6.07) is 12.0. The molecule has 6 rings (SSSR count). The monoisotopic (exact) mass is 582 g/mol. The number of aryl methyl sites for hydroxylation is 1. The molecule has 10 heteroatoms. The summed E-state index contributed by atoms with van der Waals surface area (Å²) in [5, 5.41) is 10.6. The number of hydrogen-bond acceptors (Lipinski definition) is 6. The number of carbonyl (C=O) groups excluding carboxylic acids is 4. The summed E-state index contributed by atoms with van der Waals surface area (Å²) < 4.78 is 5.19. The van der Waals surface area contributed by atoms with Gasteiger partial charge in [0.25, 0.3) is 11.8 Å². The Morgan fingerprint density at radius 2 is 1.70 bits per heavy atom. The molecule has 2 aliphatic carbocycles. The number of halogens is 2. The van der Waals surface area contributed by atoms with Gasteiger partial charge in [0.15, 0.2) is 21.2 Å². The van der Waals surface area contributed by atoms with E-state index in [9.17, 15) is 24.3 Å². The Hall–Kier alpha value is -3.36. The summed E-state index contributed by atoms with van der Waals surface area (Å²) in [4.78, 5) is 53.2. The van der Waals surface area contributed by atoms with E-state index < -0.39 is 45.2 Å². The highest BCUT2D eigenvalue weighted by atomic mass is 35.5. The summed E-state index contributed by atoms with van der Waals surface area (Å²) in [7, 11) is 2.76. The normalized spacial score (nSPS) is 33.1. The number of phenolic OH excluding ortho intramolecular Hbond substituents is 1. The third-order valence-corrected chi connectivity index (χ3v) is 10.6. The van der Waals surface area contributed by atoms with Gasteiger partial charge in [-0.05, 0) is 60.6 Å². The molecule has 6 atom stereocenters. The molecule has 1 N–H and O–H groups in total. The van der Waals surface area contributed by atoms with Crippen LogP contribution in [0.15, 0.2) is 54.1 Å². The standard InChI is InChI=1S/C30H28Cl2N2O6/c1-4-15-5-8-17(9-6-15)34-25(36)19-11-10-18-20(23(19)26(34)37)14-29(31)27(38)33(2)28(39)30(29,32)24(18)16-7-12-22(40-3)21(35)13-16/h5-10,12-13,19-20,23-24,35H,4,11,14H2,1-3H3/t19-,20+,23-,24-,29+,30-/m0/s1. The molecule has 2 saturated heterocycles. The van der Waals surface area contributed by atoms with Crippen molar-refractivity contribution in [1.29, 1.82) is 0 Å². The van der Waals surface area contributed by atoms with Crippen LogP contribution in [0.25, 0.3) is 0 Å². The number of rotatable bonds is 4. The third kappa shape index (κ3) is 3.32. The molecule has 0 unspecified atom stereocenters. The fourth-order valence-electron chi connectivity index (χ4n) is 7.14. The van der Waals surface area contributed by atoms with Crippen LogP contribution in [-0.2, 0) is 25.6 Å². The maximum atomic E-state index is 14.0. The van der Waals surface area contributed by atoms with E-state index in [1.54, 1.807) is 24.3 Å². The molecule has 3 fully saturated rings. The smallest absolute Gasteiger partial charge is 0.253 e. The number of methoxy groups -OCH3 is 1. The molecule has 2 aromatic carbocycles. The van der Waals surface area contributed by atoms with Crippen LogP contribution in [0.3, 0.4) is 0 Å². The number of benzene rings is 2. The molecule has 0 aromatic heterocycles. The third-order valence-electron chi connectivity index (χ3n) is 9.15. The number of fused-ring (bicyclic) bond motifs is 4. The van der Waals surface area contributed by atoms with Gasteiger partial charge in [0.2, 0.25) is 11.8 Å². The molecule has 40 heavy (non-hydrogen) atoms. The summed E-state index contributed by atoms with van der Waals surface area (Å²) in [5.41, 5.74) is 2.69. The maximum Gasteiger partial charge on any atom is 0.253 e. The Kier molecular flexibility index (Phi) is 6.09. The predicted molar refractivity (Wildman–Crippen MR) is 148 cm³/mol. The minimum atomic E-state index is -1.90. The molecule has 8 nitrogen and oxygen atoms in total. The highest BCUT2D eigenvalue weighted by Gasteiger charge is 2.75. The number of amides is 4. The Bertz CT molecular complexity index is 1510. The van der Waals surface area contributed by atoms with Gasteiger partial charge in [0, 0.05) is 13.0 Å². The van der Waals surface area contributed by atoms with E-state index in [-0.39, 0.29) is 36.2 Å². The first-order valence-corrected chi connectivity index (χ1v) is 14.0. The van der Waals surface area contributed by atoms with Gasteiger partial charge in [-0.2, -0.15) is 0 Å². The number of hydrogen-bond donors (Lipinski definition) is 1. The van der Waals surface area contributed by atoms with Crippen molar-refractivity contribution in [3.63, 3.8) is 0 Å². The molecule has 4 amide bonds. The van der Waals surface area contributed by atoms with Crippen molar-refractivity contribution in [3.05, 3.63) is 65.2 Å². The van der Waals surface area contributed by atoms with Gasteiger partial charge in [0.05, 0.1) is 24.6 Å². The van der Waals surface area contributed by atoms with Crippen LogP contribution >= 0.6 is 23.2 Å². The Labute approximate surface area is 241 Å². The summed E-state index contributed by atoms with van der Waals surface area (Å²) in [6.07, 6.45) is 2.87. The van der Waals surface area contributed by atoms with Crippen molar-refractivity contribution in [2.45, 2.75) is 41.9 Å². The van der Waals surface area contributed by atoms with Crippen molar-refractivity contribution in [2.24, 2.45) is 17.8 Å². The number of carbonyl (C=O) groups is 4. The van der Waals surface area contributed by atoms with E-state index in [1.165, 1.54) is 25.1 Å². The van der Waals surface area contributed by atoms with Crippen LogP contribution in [0.1, 0.15) is 36.8 Å². The zero-order valence-electron chi connectivity index (χ0n) is 22.2. The van der Waals surface area contributed by atoms with Crippen LogP contribution in [-0.4, -0.2) is 57.5 Å². The van der Waals surface area contributed by atoms with Crippen molar-refractivity contribution >= 4 is 52.5 Å². The molecule has 1 saturated carbocycles. The van der Waals surface area contributed by atoms with E-state index in [0.717, 1.165) is 16.9 Å². The Morgan fingerprint density at radius 3 is 2.33 bits per heavy atom. The second-order valence-corrected chi connectivity index (χ2v) is 12.2. The van der Waals surface area contributed by atoms with E-state index in [0.29, 0.717) is 16.8 Å². The number of alkyl halides is 2. The highest BCUT2D eigenvalue weighted by Crippen LogP contribution is 2.65. The first-order valence-electron chi connectivity index (χ1n) is 13.2. The van der Waals surface area contributed by atoms with Gasteiger partial charge < -0.3 is 9.84 Å². The largest absolute Gasteiger partial charge is 0.504 e. The van der Waals surface area contributed by atoms with Crippen molar-refractivity contribution < 1.29 is 29.0 Å². The van der Waals surface area contributed by atoms with Gasteiger partial charge in [-0.25, -0.2) is 0 Å². The Morgan fingerprint density at radius 1 is 1.00 bits per heavy atom. The first-order chi connectivity index (χ1) is 19.0. The lowest BCUT2D eigenvalue weighted by Gasteiger charge is -2.50. The zero-order chi connectivity index (χ0) is 28.7. The zero-order valence-corrected chi connectivity index (χ0v) is 23.7. The van der Waals surface area contributed by atoms with Gasteiger partial charge in [-0.3, -0.25) is 29.0 Å². The topological polar surface area (TPSA) is 104 Å². The number of ether oxygens (including phenoxy) is 1. The van der Waals surface area contributed by atoms with Crippen LogP contribution in [0.4, 0.5) is 5.69 Å². The molecular formula is C30H28Cl2N2O6. The molecule has 0 bridgehead atoms. The predicted octanol–water partition coefficient (Wildman–Crippen LogP) is 4.16. The van der Waals surface area contributed by atoms with Gasteiger partial charge in [-0.15, -0.1) is 23.2 Å². The second kappa shape index (κ2) is 9.08. The average molecular weight is 583 g/mol. The highest BCUT2D eigenvalue weighted by molar-refractivity contribution is 6.53. The second-order valence-electron chi connectivity index (χ2n) is 11.0. The quantitative estimate of drug-likeness (QED) is 0.330. The summed E-state index contributed by atoms with van der Waals surface area (Å²) in [5.74, 6) is -4.89. The minimum absolute atomic E-state index is 0.0831. The molecule has 2 aliphatic heterocycles. The van der Waals surface area contributed by atoms with Crippen LogP contribution < -0.4 is 9.64 Å². The molecule has 0 radical (unpaired) electrons. The number of imide groups is 2. The molecule has 2 heterocycles. The van der Waals surface area contributed by atoms with E-state index in [1.807, 2.05) is 25.1 Å². The molecule has 208 valence electrons. The molecular weight excluding hydrogens is 555 g/mol. The Balaban J connectivity index is 1.49. The number of nitrogens with zero attached hydrogens (tertiary/aromatic N) is 2. The molecule has 0 spiro atoms. The van der Waals surface area contributed by atoms with Crippen LogP contribution in [0.2, 0.25) is 0 Å². The van der Waals surface area contributed by atoms with Crippen molar-refractivity contribution in [3.8, 4) is 11.5 Å². The summed E-state index contributed by atoms with van der Waals surface area (Å²) in [6.45, 7) is 2.02. The molecule has 2 aromatic rings. The van der Waals surface area contributed by atoms with Gasteiger partial charge in [-0.1, -0.05) is 36.8 Å². The number of allylic oxidation sites excluding steroid dienone is 2. The maximum absolute atomic E-state index is 14.0. The van der Waals surface area contributed by atoms with E-state index in [4.69, 9.17) is 27.9 Å². The fourth-order valence-corrected chi connectivity index (χ4v) is 8.16. The number of anilines is 1. The van der Waals surface area contributed by atoms with Crippen LogP contribution in [0.5, 0.6) is 11.5 Å². The number of phenols is 1. The molecule has 4 aliphatic rings. The van der Waals surface area contributed by atoms with Gasteiger partial charge in [0.1, 0.15) is 0 Å². The van der Waals surface area contributed by atoms with Crippen LogP contribution in [0, 0.1) is 17.8 Å². The number of aromatic hydroxyl groups is 1. The SMILES string of the molecule is CCc1ccc(N2C(=O)[C@H]3[C@H](CC=C4[C@H]3C[C@@]3(Cl)C(=O)N(C)C(=O)[C@@]3(Cl)[C@H]4c3ccc(OC)c(O)c3)C2=O)cc1. The van der Waals surface area contributed by atoms with E-state index >= 15 is 0 Å². The minimum Gasteiger partial charge on any atom is -0.504 e. The lowest BCUT2D eigenvalue weighted by molar-refractivity contribution is -0.138. The van der Waals surface area contributed by atoms with E-state index in [2.05, 4.69) is 0 Å². The summed E-state index contributed by atoms with van der Waals surface area (Å²) >= 11 is 14.3. The van der Waals surface area contributed by atoms with Gasteiger partial charge >= 0.3 is 0 Å². The number of likely N-dealkylation sites (tertiary alicyclic amines) is 1. The first kappa shape index (κ1) is 26.8. The van der Waals surface area contributed by atoms with Crippen molar-refractivity contribution in [1.82, 2.24) is 4.90 Å². The lowest BCUT2D eigenvalue weighted by atomic mass is 9.56. The fraction of sp³-hybridized carbons (Fsp3) is 0.400.